The predicted octanol–water partition coefficient (Wildman–Crippen LogP) is 3.63. The molecule has 0 N–H and O–H groups in total. The molecule has 0 spiro atoms. The molecule has 83 valence electrons. The summed E-state index contributed by atoms with van der Waals surface area (Å²) >= 11 is 0. The maximum Gasteiger partial charge on any atom is 0.319 e. The van der Waals surface area contributed by atoms with Crippen LogP contribution in [0.4, 0.5) is 11.4 Å². The van der Waals surface area contributed by atoms with Crippen LogP contribution in [0.25, 0.3) is 0 Å². The molecule has 0 saturated carbocycles. The average molecular weight is 222 g/mol. The number of nitriles is 1. The highest BCUT2D eigenvalue weighted by molar-refractivity contribution is 5.60. The number of hydrogen-bond donors (Lipinski definition) is 0. The van der Waals surface area contributed by atoms with Crippen LogP contribution in [-0.2, 0) is 0 Å². The molecule has 2 aromatic rings. The van der Waals surface area contributed by atoms with Gasteiger partial charge < -0.3 is 0 Å². The van der Waals surface area contributed by atoms with Gasteiger partial charge in [0.2, 0.25) is 0 Å². The molecule has 0 fully saturated rings. The summed E-state index contributed by atoms with van der Waals surface area (Å²) in [5, 5.41) is 9.59. The minimum Gasteiger partial charge on any atom is -0.160 e. The molecule has 0 saturated heterocycles. The monoisotopic (exact) mass is 222 g/mol. The Morgan fingerprint density at radius 1 is 1.12 bits per heavy atom. The van der Waals surface area contributed by atoms with Crippen molar-refractivity contribution in [1.82, 2.24) is 4.48 Å². The van der Waals surface area contributed by atoms with Gasteiger partial charge in [-0.3, -0.25) is 0 Å². The van der Waals surface area contributed by atoms with Crippen molar-refractivity contribution in [2.75, 3.05) is 6.54 Å². The summed E-state index contributed by atoms with van der Waals surface area (Å²) in [4.78, 5) is 0. The first-order valence-electron chi connectivity index (χ1n) is 5.66. The predicted molar refractivity (Wildman–Crippen MR) is 69.3 cm³/mol. The third-order valence-electron chi connectivity index (χ3n) is 2.95. The molecule has 1 radical (unpaired) electrons. The van der Waals surface area contributed by atoms with Gasteiger partial charge in [0.1, 0.15) is 0 Å². The topological polar surface area (TPSA) is 23.8 Å². The van der Waals surface area contributed by atoms with E-state index in [0.717, 1.165) is 11.4 Å². The van der Waals surface area contributed by atoms with Gasteiger partial charge in [-0.15, -0.1) is 5.26 Å². The van der Waals surface area contributed by atoms with E-state index in [1.54, 1.807) is 0 Å². The molecule has 0 amide bonds. The molecular formula is C15H14N2+. The second kappa shape index (κ2) is 4.82. The Balaban J connectivity index is 2.60. The minimum absolute atomic E-state index is 0.168. The first-order valence-corrected chi connectivity index (χ1v) is 5.66. The molecule has 0 bridgehead atoms. The molecule has 2 nitrogen and oxygen atoms in total. The van der Waals surface area contributed by atoms with Gasteiger partial charge in [0.25, 0.3) is 0 Å². The van der Waals surface area contributed by atoms with Crippen LogP contribution < -0.4 is 4.48 Å². The van der Waals surface area contributed by atoms with Crippen LogP contribution in [0.2, 0.25) is 0 Å². The van der Waals surface area contributed by atoms with Gasteiger partial charge in [0.15, 0.2) is 11.4 Å². The first-order chi connectivity index (χ1) is 8.33. The number of benzene rings is 2. The van der Waals surface area contributed by atoms with Gasteiger partial charge in [0, 0.05) is 18.2 Å². The summed E-state index contributed by atoms with van der Waals surface area (Å²) in [6.07, 6.45) is 2.40. The number of rotatable bonds is 3. The summed E-state index contributed by atoms with van der Waals surface area (Å²) < 4.78 is 0.168. The van der Waals surface area contributed by atoms with Crippen molar-refractivity contribution in [3.63, 3.8) is 0 Å². The Morgan fingerprint density at radius 3 is 2.35 bits per heavy atom. The van der Waals surface area contributed by atoms with Crippen molar-refractivity contribution in [2.45, 2.75) is 6.92 Å². The smallest absolute Gasteiger partial charge is 0.160 e. The van der Waals surface area contributed by atoms with Crippen molar-refractivity contribution in [1.29, 1.82) is 5.26 Å². The molecule has 2 aromatic carbocycles. The molecule has 0 aliphatic rings. The van der Waals surface area contributed by atoms with Crippen molar-refractivity contribution in [2.24, 2.45) is 0 Å². The number of nitrogens with zero attached hydrogens (tertiary/aromatic N) is 2. The van der Waals surface area contributed by atoms with Crippen LogP contribution in [0.5, 0.6) is 0 Å². The molecule has 2 rings (SSSR count). The average Bonchev–Trinajstić information content (AvgIpc) is 2.43. The standard InChI is InChI=1S/C15H14N2/c1-2-17(13-16,14-9-5-3-6-10-14)15-11-7-4-8-12-15/h3-11H,2H2,1H3/q+1. The molecular weight excluding hydrogens is 208 g/mol. The minimum atomic E-state index is 0.168. The first kappa shape index (κ1) is 11.4. The van der Waals surface area contributed by atoms with Crippen LogP contribution in [0.15, 0.2) is 54.6 Å². The highest BCUT2D eigenvalue weighted by Gasteiger charge is 2.32. The third kappa shape index (κ3) is 1.93. The maximum absolute atomic E-state index is 9.59. The normalized spacial score (nSPS) is 10.8. The lowest BCUT2D eigenvalue weighted by Crippen LogP contribution is -2.38. The number of hydrogen-bond acceptors (Lipinski definition) is 1. The summed E-state index contributed by atoms with van der Waals surface area (Å²) in [5.74, 6) is 0. The Morgan fingerprint density at radius 2 is 1.82 bits per heavy atom. The van der Waals surface area contributed by atoms with Crippen LogP contribution in [-0.4, -0.2) is 6.54 Å². The van der Waals surface area contributed by atoms with E-state index in [0.29, 0.717) is 6.54 Å². The molecule has 1 atom stereocenters. The Hall–Kier alpha value is -2.11. The van der Waals surface area contributed by atoms with Crippen molar-refractivity contribution < 1.29 is 0 Å². The Labute approximate surface area is 102 Å². The SMILES string of the molecule is CC[N+](C#N)(c1[c]cccc1)c1ccccc1. The fraction of sp³-hybridized carbons (Fsp3) is 0.133. The number of para-hydroxylation sites is 2. The molecule has 2 heteroatoms. The van der Waals surface area contributed by atoms with Gasteiger partial charge in [-0.2, -0.15) is 4.48 Å². The number of quaternary nitrogens is 1. The molecule has 17 heavy (non-hydrogen) atoms. The highest BCUT2D eigenvalue weighted by atomic mass is 15.4. The summed E-state index contributed by atoms with van der Waals surface area (Å²) in [6, 6.07) is 20.6. The van der Waals surface area contributed by atoms with E-state index in [-0.39, 0.29) is 4.48 Å². The van der Waals surface area contributed by atoms with E-state index in [2.05, 4.69) is 12.3 Å². The zero-order chi connectivity index (χ0) is 12.1. The van der Waals surface area contributed by atoms with Gasteiger partial charge >= 0.3 is 6.19 Å². The quantitative estimate of drug-likeness (QED) is 0.574. The fourth-order valence-electron chi connectivity index (χ4n) is 1.98. The molecule has 0 aromatic heterocycles. The highest BCUT2D eigenvalue weighted by Crippen LogP contribution is 2.32. The second-order valence-electron chi connectivity index (χ2n) is 3.81. The summed E-state index contributed by atoms with van der Waals surface area (Å²) in [6.45, 7) is 2.69. The van der Waals surface area contributed by atoms with Crippen LogP contribution in [0.1, 0.15) is 6.92 Å². The van der Waals surface area contributed by atoms with Crippen LogP contribution in [0.3, 0.4) is 0 Å². The third-order valence-corrected chi connectivity index (χ3v) is 2.95. The van der Waals surface area contributed by atoms with Crippen molar-refractivity contribution in [3.8, 4) is 6.19 Å². The lowest BCUT2D eigenvalue weighted by Gasteiger charge is -2.26. The van der Waals surface area contributed by atoms with Gasteiger partial charge in [0.05, 0.1) is 12.6 Å². The van der Waals surface area contributed by atoms with E-state index in [1.165, 1.54) is 0 Å². The summed E-state index contributed by atoms with van der Waals surface area (Å²) in [5.41, 5.74) is 1.85. The zero-order valence-electron chi connectivity index (χ0n) is 9.80. The lowest BCUT2D eigenvalue weighted by molar-refractivity contribution is 0.548. The molecule has 0 aliphatic heterocycles. The van der Waals surface area contributed by atoms with E-state index >= 15 is 0 Å². The zero-order valence-corrected chi connectivity index (χ0v) is 9.80. The molecule has 0 aliphatic carbocycles. The van der Waals surface area contributed by atoms with E-state index in [9.17, 15) is 5.26 Å². The molecule has 1 unspecified atom stereocenters. The van der Waals surface area contributed by atoms with Crippen molar-refractivity contribution in [3.05, 3.63) is 60.7 Å². The second-order valence-corrected chi connectivity index (χ2v) is 3.81. The Bertz CT molecular complexity index is 472. The van der Waals surface area contributed by atoms with Crippen LogP contribution >= 0.6 is 0 Å². The lowest BCUT2D eigenvalue weighted by atomic mass is 10.2. The Kier molecular flexibility index (Phi) is 3.22. The van der Waals surface area contributed by atoms with E-state index in [4.69, 9.17) is 0 Å². The van der Waals surface area contributed by atoms with Crippen LogP contribution in [0, 0.1) is 17.5 Å². The maximum atomic E-state index is 9.59. The van der Waals surface area contributed by atoms with E-state index in [1.807, 2.05) is 61.5 Å². The molecule has 0 heterocycles. The largest absolute Gasteiger partial charge is 0.319 e. The van der Waals surface area contributed by atoms with Gasteiger partial charge in [-0.05, 0) is 13.0 Å². The fourth-order valence-corrected chi connectivity index (χ4v) is 1.98. The van der Waals surface area contributed by atoms with Gasteiger partial charge in [-0.1, -0.05) is 30.3 Å². The van der Waals surface area contributed by atoms with Gasteiger partial charge in [-0.25, -0.2) is 0 Å². The van der Waals surface area contributed by atoms with E-state index < -0.39 is 0 Å². The summed E-state index contributed by atoms with van der Waals surface area (Å²) in [7, 11) is 0. The van der Waals surface area contributed by atoms with Crippen molar-refractivity contribution >= 4 is 11.4 Å².